The topological polar surface area (TPSA) is 38.8 Å². The van der Waals surface area contributed by atoms with E-state index in [9.17, 15) is 4.79 Å². The fraction of sp³-hybridized carbons (Fsp3) is 0.562. The Morgan fingerprint density at radius 2 is 1.80 bits per heavy atom. The lowest BCUT2D eigenvalue weighted by atomic mass is 9.87. The fourth-order valence-corrected chi connectivity index (χ4v) is 1.72. The van der Waals surface area contributed by atoms with Crippen LogP contribution in [0.5, 0.6) is 5.75 Å². The van der Waals surface area contributed by atoms with E-state index < -0.39 is 0 Å². The summed E-state index contributed by atoms with van der Waals surface area (Å²) in [7, 11) is 3.08. The van der Waals surface area contributed by atoms with Gasteiger partial charge in [0.1, 0.15) is 5.75 Å². The number of hydrogen-bond acceptors (Lipinski definition) is 3. The highest BCUT2D eigenvalue weighted by Gasteiger charge is 2.13. The molecule has 0 bridgehead atoms. The van der Waals surface area contributed by atoms with Crippen LogP contribution in [0.3, 0.4) is 0 Å². The molecule has 1 aromatic rings. The largest absolute Gasteiger partial charge is 0.494 e. The number of benzene rings is 1. The first-order chi connectivity index (χ1) is 9.34. The van der Waals surface area contributed by atoms with Crippen LogP contribution < -0.4 is 4.74 Å². The van der Waals surface area contributed by atoms with Gasteiger partial charge in [-0.1, -0.05) is 32.9 Å². The Kier molecular flexibility index (Phi) is 6.02. The van der Waals surface area contributed by atoms with Gasteiger partial charge in [-0.3, -0.25) is 9.63 Å². The molecule has 4 heteroatoms. The van der Waals surface area contributed by atoms with Gasteiger partial charge in [-0.25, -0.2) is 5.06 Å². The molecule has 0 aliphatic carbocycles. The molecule has 20 heavy (non-hydrogen) atoms. The molecule has 0 fully saturated rings. The van der Waals surface area contributed by atoms with Crippen molar-refractivity contribution >= 4 is 5.91 Å². The summed E-state index contributed by atoms with van der Waals surface area (Å²) in [5.41, 5.74) is 1.43. The third-order valence-electron chi connectivity index (χ3n) is 3.15. The van der Waals surface area contributed by atoms with Gasteiger partial charge in [0.15, 0.2) is 0 Å². The van der Waals surface area contributed by atoms with Crippen molar-refractivity contribution in [1.29, 1.82) is 0 Å². The first kappa shape index (κ1) is 16.5. The molecule has 0 aliphatic heterocycles. The van der Waals surface area contributed by atoms with Gasteiger partial charge in [0, 0.05) is 13.5 Å². The van der Waals surface area contributed by atoms with Crippen LogP contribution in [0.1, 0.15) is 39.2 Å². The van der Waals surface area contributed by atoms with Crippen molar-refractivity contribution in [3.8, 4) is 5.75 Å². The van der Waals surface area contributed by atoms with E-state index in [1.165, 1.54) is 17.7 Å². The number of nitrogens with zero attached hydrogens (tertiary/aromatic N) is 1. The van der Waals surface area contributed by atoms with Gasteiger partial charge in [-0.2, -0.15) is 0 Å². The van der Waals surface area contributed by atoms with Crippen molar-refractivity contribution in [3.05, 3.63) is 29.8 Å². The second kappa shape index (κ2) is 7.29. The minimum atomic E-state index is -0.0424. The Morgan fingerprint density at radius 1 is 1.20 bits per heavy atom. The smallest absolute Gasteiger partial charge is 0.245 e. The number of carbonyl (C=O) groups excluding carboxylic acids is 1. The summed E-state index contributed by atoms with van der Waals surface area (Å²) in [4.78, 5) is 16.3. The zero-order chi connectivity index (χ0) is 15.2. The number of rotatable bonds is 6. The summed E-state index contributed by atoms with van der Waals surface area (Å²) < 4.78 is 5.63. The van der Waals surface area contributed by atoms with Gasteiger partial charge in [0.2, 0.25) is 5.91 Å². The molecular weight excluding hydrogens is 254 g/mol. The van der Waals surface area contributed by atoms with Crippen LogP contribution in [-0.4, -0.2) is 31.7 Å². The molecule has 0 unspecified atom stereocenters. The summed E-state index contributed by atoms with van der Waals surface area (Å²) in [5, 5.41) is 1.23. The molecule has 4 nitrogen and oxygen atoms in total. The predicted octanol–water partition coefficient (Wildman–Crippen LogP) is 3.16. The van der Waals surface area contributed by atoms with Crippen molar-refractivity contribution in [2.24, 2.45) is 0 Å². The number of ether oxygens (including phenoxy) is 1. The van der Waals surface area contributed by atoms with Gasteiger partial charge < -0.3 is 4.74 Å². The normalized spacial score (nSPS) is 11.2. The number of carbonyl (C=O) groups is 1. The molecule has 0 saturated carbocycles. The van der Waals surface area contributed by atoms with Crippen LogP contribution in [-0.2, 0) is 15.0 Å². The molecule has 1 rings (SSSR count). The van der Waals surface area contributed by atoms with Crippen LogP contribution in [0.4, 0.5) is 0 Å². The highest BCUT2D eigenvalue weighted by Crippen LogP contribution is 2.24. The monoisotopic (exact) mass is 279 g/mol. The fourth-order valence-electron chi connectivity index (χ4n) is 1.72. The zero-order valence-electron chi connectivity index (χ0n) is 13.1. The maximum Gasteiger partial charge on any atom is 0.245 e. The van der Waals surface area contributed by atoms with E-state index in [4.69, 9.17) is 9.57 Å². The lowest BCUT2D eigenvalue weighted by molar-refractivity contribution is -0.168. The molecular formula is C16H25NO3. The molecule has 1 amide bonds. The first-order valence-corrected chi connectivity index (χ1v) is 6.88. The highest BCUT2D eigenvalue weighted by atomic mass is 16.7. The second-order valence-corrected chi connectivity index (χ2v) is 5.80. The van der Waals surface area contributed by atoms with Crippen molar-refractivity contribution in [2.45, 2.75) is 39.0 Å². The molecule has 0 saturated heterocycles. The number of hydroxylamine groups is 2. The summed E-state index contributed by atoms with van der Waals surface area (Å²) in [6.45, 7) is 7.07. The SMILES string of the molecule is CON(C)C(=O)CCCOc1ccc(C(C)(C)C)cc1. The molecule has 0 heterocycles. The summed E-state index contributed by atoms with van der Waals surface area (Å²) in [6, 6.07) is 8.12. The van der Waals surface area contributed by atoms with E-state index in [0.29, 0.717) is 19.4 Å². The van der Waals surface area contributed by atoms with E-state index in [1.807, 2.05) is 12.1 Å². The van der Waals surface area contributed by atoms with Crippen LogP contribution in [0.15, 0.2) is 24.3 Å². The van der Waals surface area contributed by atoms with Crippen LogP contribution in [0, 0.1) is 0 Å². The minimum absolute atomic E-state index is 0.0424. The summed E-state index contributed by atoms with van der Waals surface area (Å²) in [6.07, 6.45) is 1.10. The molecule has 112 valence electrons. The Labute approximate surface area is 121 Å². The molecule has 0 spiro atoms. The Bertz CT molecular complexity index is 420. The van der Waals surface area contributed by atoms with Gasteiger partial charge in [0.25, 0.3) is 0 Å². The molecule has 0 aromatic heterocycles. The minimum Gasteiger partial charge on any atom is -0.494 e. The van der Waals surface area contributed by atoms with Gasteiger partial charge in [0.05, 0.1) is 13.7 Å². The number of hydrogen-bond donors (Lipinski definition) is 0. The van der Waals surface area contributed by atoms with E-state index in [-0.39, 0.29) is 11.3 Å². The lowest BCUT2D eigenvalue weighted by Crippen LogP contribution is -2.25. The summed E-state index contributed by atoms with van der Waals surface area (Å²) >= 11 is 0. The molecule has 1 aromatic carbocycles. The second-order valence-electron chi connectivity index (χ2n) is 5.80. The molecule has 0 atom stereocenters. The van der Waals surface area contributed by atoms with Crippen molar-refractivity contribution < 1.29 is 14.4 Å². The Balaban J connectivity index is 2.34. The standard InChI is InChI=1S/C16H25NO3/c1-16(2,3)13-8-10-14(11-9-13)20-12-6-7-15(18)17(4)19-5/h8-11H,6-7,12H2,1-5H3. The maximum atomic E-state index is 11.5. The van der Waals surface area contributed by atoms with E-state index in [2.05, 4.69) is 32.9 Å². The van der Waals surface area contributed by atoms with E-state index in [1.54, 1.807) is 7.05 Å². The van der Waals surface area contributed by atoms with Gasteiger partial charge in [-0.15, -0.1) is 0 Å². The number of amides is 1. The lowest BCUT2D eigenvalue weighted by Gasteiger charge is -2.19. The van der Waals surface area contributed by atoms with E-state index in [0.717, 1.165) is 5.75 Å². The molecule has 0 N–H and O–H groups in total. The third-order valence-corrected chi connectivity index (χ3v) is 3.15. The predicted molar refractivity (Wildman–Crippen MR) is 79.7 cm³/mol. The zero-order valence-corrected chi connectivity index (χ0v) is 13.1. The molecule has 0 aliphatic rings. The van der Waals surface area contributed by atoms with Crippen molar-refractivity contribution in [2.75, 3.05) is 20.8 Å². The average molecular weight is 279 g/mol. The van der Waals surface area contributed by atoms with Crippen molar-refractivity contribution in [1.82, 2.24) is 5.06 Å². The quantitative estimate of drug-likeness (QED) is 0.593. The Hall–Kier alpha value is -1.55. The third kappa shape index (κ3) is 5.21. The van der Waals surface area contributed by atoms with E-state index >= 15 is 0 Å². The van der Waals surface area contributed by atoms with Gasteiger partial charge in [-0.05, 0) is 29.5 Å². The van der Waals surface area contributed by atoms with Gasteiger partial charge >= 0.3 is 0 Å². The van der Waals surface area contributed by atoms with Crippen molar-refractivity contribution in [3.63, 3.8) is 0 Å². The molecule has 0 radical (unpaired) electrons. The average Bonchev–Trinajstić information content (AvgIpc) is 2.42. The van der Waals surface area contributed by atoms with Crippen LogP contribution >= 0.6 is 0 Å². The maximum absolute atomic E-state index is 11.5. The van der Waals surface area contributed by atoms with Crippen LogP contribution in [0.2, 0.25) is 0 Å². The highest BCUT2D eigenvalue weighted by molar-refractivity contribution is 5.74. The Morgan fingerprint density at radius 3 is 2.30 bits per heavy atom. The van der Waals surface area contributed by atoms with Crippen LogP contribution in [0.25, 0.3) is 0 Å². The summed E-state index contributed by atoms with van der Waals surface area (Å²) in [5.74, 6) is 0.796. The first-order valence-electron chi connectivity index (χ1n) is 6.88.